The largest absolute Gasteiger partial charge is 0.481 e. The minimum Gasteiger partial charge on any atom is -0.481 e. The molecule has 0 saturated carbocycles. The Hall–Kier alpha value is -4.59. The van der Waals surface area contributed by atoms with Crippen molar-refractivity contribution in [3.63, 3.8) is 0 Å². The van der Waals surface area contributed by atoms with E-state index < -0.39 is 33.9 Å². The van der Waals surface area contributed by atoms with E-state index in [1.165, 1.54) is 28.8 Å². The van der Waals surface area contributed by atoms with Crippen LogP contribution in [0.3, 0.4) is 0 Å². The van der Waals surface area contributed by atoms with Crippen LogP contribution in [0.4, 0.5) is 19.0 Å². The number of carboxylic acid groups (broad SMARTS) is 1. The molecule has 1 aromatic carbocycles. The molecule has 12 nitrogen and oxygen atoms in total. The van der Waals surface area contributed by atoms with Gasteiger partial charge in [0.05, 0.1) is 31.2 Å². The molecule has 6 rings (SSSR count). The summed E-state index contributed by atoms with van der Waals surface area (Å²) in [5, 5.41) is 26.3. The van der Waals surface area contributed by atoms with Crippen LogP contribution in [0.15, 0.2) is 47.6 Å². The quantitative estimate of drug-likeness (QED) is 0.326. The van der Waals surface area contributed by atoms with Crippen molar-refractivity contribution in [1.82, 2.24) is 23.9 Å². The molecule has 0 spiro atoms. The van der Waals surface area contributed by atoms with Crippen molar-refractivity contribution in [2.24, 2.45) is 0 Å². The Labute approximate surface area is 261 Å². The molecule has 2 aliphatic heterocycles. The zero-order chi connectivity index (χ0) is 33.0. The fourth-order valence-corrected chi connectivity index (χ4v) is 7.76. The monoisotopic (exact) mass is 655 g/mol. The van der Waals surface area contributed by atoms with Crippen molar-refractivity contribution in [3.8, 4) is 6.07 Å². The molecular formula is C30H28F3N7O5S. The Morgan fingerprint density at radius 2 is 2.00 bits per heavy atom. The van der Waals surface area contributed by atoms with Gasteiger partial charge in [0.2, 0.25) is 15.8 Å². The fourth-order valence-electron chi connectivity index (χ4n) is 6.13. The van der Waals surface area contributed by atoms with E-state index in [2.05, 4.69) is 15.2 Å². The van der Waals surface area contributed by atoms with E-state index >= 15 is 0 Å². The third-order valence-corrected chi connectivity index (χ3v) is 10.3. The zero-order valence-electron chi connectivity index (χ0n) is 24.7. The Kier molecular flexibility index (Phi) is 7.95. The number of sulfonamides is 1. The minimum absolute atomic E-state index is 0.0496. The molecule has 2 atom stereocenters. The van der Waals surface area contributed by atoms with Crippen LogP contribution in [0.25, 0.3) is 5.65 Å². The van der Waals surface area contributed by atoms with Gasteiger partial charge in [0.15, 0.2) is 5.65 Å². The molecule has 0 aliphatic carbocycles. The van der Waals surface area contributed by atoms with E-state index in [-0.39, 0.29) is 54.1 Å². The summed E-state index contributed by atoms with van der Waals surface area (Å²) in [5.74, 6) is -2.86. The predicted molar refractivity (Wildman–Crippen MR) is 157 cm³/mol. The number of morpholine rings is 1. The van der Waals surface area contributed by atoms with Gasteiger partial charge in [-0.2, -0.15) is 22.7 Å². The minimum atomic E-state index is -4.74. The van der Waals surface area contributed by atoms with Crippen molar-refractivity contribution >= 4 is 27.5 Å². The number of benzene rings is 1. The number of aryl methyl sites for hydroxylation is 2. The zero-order valence-corrected chi connectivity index (χ0v) is 25.5. The number of carboxylic acids is 1. The van der Waals surface area contributed by atoms with Gasteiger partial charge in [-0.05, 0) is 53.8 Å². The predicted octanol–water partition coefficient (Wildman–Crippen LogP) is 3.65. The maximum Gasteiger partial charge on any atom is 0.452 e. The normalized spacial score (nSPS) is 18.8. The van der Waals surface area contributed by atoms with Gasteiger partial charge in [0, 0.05) is 37.9 Å². The highest BCUT2D eigenvalue weighted by Gasteiger charge is 2.40. The summed E-state index contributed by atoms with van der Waals surface area (Å²) >= 11 is 0. The number of anilines is 1. The average molecular weight is 656 g/mol. The molecule has 46 heavy (non-hydrogen) atoms. The first-order chi connectivity index (χ1) is 21.8. The van der Waals surface area contributed by atoms with E-state index in [0.29, 0.717) is 35.4 Å². The number of hydrogen-bond acceptors (Lipinski definition) is 9. The summed E-state index contributed by atoms with van der Waals surface area (Å²) in [7, 11) is -4.15. The van der Waals surface area contributed by atoms with Crippen LogP contribution in [0, 0.1) is 25.2 Å². The van der Waals surface area contributed by atoms with Crippen molar-refractivity contribution in [1.29, 1.82) is 5.26 Å². The van der Waals surface area contributed by atoms with Crippen molar-refractivity contribution in [2.75, 3.05) is 31.2 Å². The molecule has 16 heteroatoms. The van der Waals surface area contributed by atoms with E-state index in [1.807, 2.05) is 11.0 Å². The molecular weight excluding hydrogens is 627 g/mol. The molecule has 1 fully saturated rings. The standard InChI is InChI=1S/C30H28F3N7O5S/c1-17-3-4-20(24(11-26(41)42)23-5-6-40-27(18(23)2)36-37-29(40)30(31,32)33)10-21(17)14-38-15-22-16-45-8-7-39(22)28-25(46(38,43)44)9-19(12-34)13-35-28/h3-6,9-10,13,22,24H,7-8,11,14-16H2,1-2H3,(H,41,42)/t22?,24-/m0/s1. The Morgan fingerprint density at radius 3 is 2.72 bits per heavy atom. The number of alkyl halides is 3. The van der Waals surface area contributed by atoms with Gasteiger partial charge in [-0.1, -0.05) is 18.2 Å². The van der Waals surface area contributed by atoms with E-state index in [1.54, 1.807) is 32.0 Å². The lowest BCUT2D eigenvalue weighted by Gasteiger charge is -2.36. The van der Waals surface area contributed by atoms with Crippen LogP contribution in [-0.4, -0.2) is 75.7 Å². The maximum absolute atomic E-state index is 14.1. The molecule has 1 unspecified atom stereocenters. The van der Waals surface area contributed by atoms with Gasteiger partial charge in [-0.25, -0.2) is 13.4 Å². The number of nitriles is 1. The number of rotatable bonds is 6. The van der Waals surface area contributed by atoms with Gasteiger partial charge >= 0.3 is 12.1 Å². The second kappa shape index (κ2) is 11.6. The first-order valence-corrected chi connectivity index (χ1v) is 15.7. The first kappa shape index (κ1) is 31.4. The first-order valence-electron chi connectivity index (χ1n) is 14.3. The van der Waals surface area contributed by atoms with E-state index in [9.17, 15) is 36.8 Å². The topological polar surface area (TPSA) is 154 Å². The molecule has 5 heterocycles. The van der Waals surface area contributed by atoms with Crippen LogP contribution in [0.5, 0.6) is 0 Å². The second-order valence-corrected chi connectivity index (χ2v) is 13.2. The van der Waals surface area contributed by atoms with Crippen molar-refractivity contribution < 1.29 is 36.2 Å². The van der Waals surface area contributed by atoms with Crippen LogP contribution >= 0.6 is 0 Å². The lowest BCUT2D eigenvalue weighted by Crippen LogP contribution is -2.50. The molecule has 0 amide bonds. The number of halogens is 3. The second-order valence-electron chi connectivity index (χ2n) is 11.3. The Morgan fingerprint density at radius 1 is 1.22 bits per heavy atom. The van der Waals surface area contributed by atoms with Gasteiger partial charge in [0.25, 0.3) is 0 Å². The summed E-state index contributed by atoms with van der Waals surface area (Å²) in [6, 6.07) is 9.59. The summed E-state index contributed by atoms with van der Waals surface area (Å²) in [5.41, 5.74) is 2.73. The number of aromatic nitrogens is 4. The highest BCUT2D eigenvalue weighted by Crippen LogP contribution is 2.37. The molecule has 4 aromatic rings. The summed E-state index contributed by atoms with van der Waals surface area (Å²) in [6.07, 6.45) is -2.60. The van der Waals surface area contributed by atoms with Crippen LogP contribution in [-0.2, 0) is 32.3 Å². The number of hydrogen-bond donors (Lipinski definition) is 1. The Bertz CT molecular complexity index is 2010. The Balaban J connectivity index is 1.41. The summed E-state index contributed by atoms with van der Waals surface area (Å²) < 4.78 is 76.5. The summed E-state index contributed by atoms with van der Waals surface area (Å²) in [6.45, 7) is 4.46. The number of carbonyl (C=O) groups is 1. The third-order valence-electron chi connectivity index (χ3n) is 8.49. The third kappa shape index (κ3) is 5.54. The van der Waals surface area contributed by atoms with Gasteiger partial charge in [-0.3, -0.25) is 9.20 Å². The molecule has 0 bridgehead atoms. The van der Waals surface area contributed by atoms with Crippen LogP contribution in [0.1, 0.15) is 51.5 Å². The number of nitrogens with zero attached hydrogens (tertiary/aromatic N) is 7. The highest BCUT2D eigenvalue weighted by molar-refractivity contribution is 7.89. The SMILES string of the molecule is Cc1ccc([C@H](CC(=O)O)c2ccn3c(C(F)(F)F)nnc3c2C)cc1CN1CC2COCCN2c2ncc(C#N)cc2S1(=O)=O. The molecule has 240 valence electrons. The fraction of sp³-hybridized carbons (Fsp3) is 0.367. The van der Waals surface area contributed by atoms with Crippen molar-refractivity contribution in [2.45, 2.75) is 49.8 Å². The lowest BCUT2D eigenvalue weighted by molar-refractivity contribution is -0.145. The molecule has 0 radical (unpaired) electrons. The van der Waals surface area contributed by atoms with Crippen LogP contribution in [0.2, 0.25) is 0 Å². The van der Waals surface area contributed by atoms with Gasteiger partial charge < -0.3 is 14.7 Å². The smallest absolute Gasteiger partial charge is 0.452 e. The lowest BCUT2D eigenvalue weighted by atomic mass is 9.85. The highest BCUT2D eigenvalue weighted by atomic mass is 32.2. The van der Waals surface area contributed by atoms with Gasteiger partial charge in [-0.15, -0.1) is 10.2 Å². The molecule has 2 aliphatic rings. The van der Waals surface area contributed by atoms with E-state index in [4.69, 9.17) is 4.74 Å². The molecule has 1 N–H and O–H groups in total. The van der Waals surface area contributed by atoms with Gasteiger partial charge in [0.1, 0.15) is 16.8 Å². The number of ether oxygens (including phenoxy) is 1. The molecule has 3 aromatic heterocycles. The van der Waals surface area contributed by atoms with Crippen LogP contribution < -0.4 is 4.90 Å². The number of fused-ring (bicyclic) bond motifs is 4. The average Bonchev–Trinajstić information content (AvgIpc) is 3.44. The number of aliphatic carboxylic acids is 1. The summed E-state index contributed by atoms with van der Waals surface area (Å²) in [4.78, 5) is 18.2. The maximum atomic E-state index is 14.1. The van der Waals surface area contributed by atoms with Crippen molar-refractivity contribution in [3.05, 3.63) is 81.9 Å². The number of pyridine rings is 2. The van der Waals surface area contributed by atoms with E-state index in [0.717, 1.165) is 9.96 Å². The molecule has 1 saturated heterocycles.